The van der Waals surface area contributed by atoms with Crippen LogP contribution in [0, 0.1) is 5.92 Å². The van der Waals surface area contributed by atoms with E-state index >= 15 is 0 Å². The highest BCUT2D eigenvalue weighted by Gasteiger charge is 2.16. The molecule has 0 bridgehead atoms. The number of halogens is 1. The third-order valence-electron chi connectivity index (χ3n) is 2.19. The quantitative estimate of drug-likeness (QED) is 0.573. The third kappa shape index (κ3) is 2.21. The fourth-order valence-corrected chi connectivity index (χ4v) is 1.51. The second-order valence-corrected chi connectivity index (χ2v) is 3.71. The first-order valence-electron chi connectivity index (χ1n) is 4.15. The molecule has 2 heteroatoms. The van der Waals surface area contributed by atoms with Crippen molar-refractivity contribution in [3.8, 4) is 0 Å². The summed E-state index contributed by atoms with van der Waals surface area (Å²) in [5.41, 5.74) is 2.66. The molecule has 12 heavy (non-hydrogen) atoms. The summed E-state index contributed by atoms with van der Waals surface area (Å²) >= 11 is 5.38. The minimum Gasteiger partial charge on any atom is -0.281 e. The molecule has 1 atom stereocenters. The van der Waals surface area contributed by atoms with Gasteiger partial charge in [0.1, 0.15) is 0 Å². The van der Waals surface area contributed by atoms with Gasteiger partial charge in [-0.3, -0.25) is 4.79 Å². The second-order valence-electron chi connectivity index (χ2n) is 3.33. The summed E-state index contributed by atoms with van der Waals surface area (Å²) in [6.07, 6.45) is 5.76. The van der Waals surface area contributed by atoms with Crippen LogP contribution < -0.4 is 0 Å². The summed E-state index contributed by atoms with van der Waals surface area (Å²) < 4.78 is 0. The van der Waals surface area contributed by atoms with Crippen LogP contribution in [0.15, 0.2) is 23.3 Å². The van der Waals surface area contributed by atoms with E-state index in [1.807, 2.05) is 12.2 Å². The zero-order valence-corrected chi connectivity index (χ0v) is 8.19. The zero-order chi connectivity index (χ0) is 9.14. The smallest absolute Gasteiger partial charge is 0.228 e. The molecular formula is C10H13ClO. The van der Waals surface area contributed by atoms with Crippen molar-refractivity contribution >= 4 is 16.8 Å². The van der Waals surface area contributed by atoms with Crippen molar-refractivity contribution in [1.82, 2.24) is 0 Å². The van der Waals surface area contributed by atoms with Gasteiger partial charge in [0.15, 0.2) is 0 Å². The molecule has 1 aliphatic rings. The van der Waals surface area contributed by atoms with Crippen molar-refractivity contribution in [1.29, 1.82) is 0 Å². The Kier molecular flexibility index (Phi) is 3.10. The Balaban J connectivity index is 2.72. The lowest BCUT2D eigenvalue weighted by Crippen LogP contribution is -2.09. The number of allylic oxidation sites excluding steroid dienone is 4. The van der Waals surface area contributed by atoms with Crippen LogP contribution in [0.1, 0.15) is 26.7 Å². The van der Waals surface area contributed by atoms with Crippen LogP contribution in [0.3, 0.4) is 0 Å². The summed E-state index contributed by atoms with van der Waals surface area (Å²) in [5.74, 6) is -0.0604. The molecule has 0 aliphatic heterocycles. The largest absolute Gasteiger partial charge is 0.281 e. The van der Waals surface area contributed by atoms with Gasteiger partial charge in [-0.1, -0.05) is 17.7 Å². The zero-order valence-electron chi connectivity index (χ0n) is 7.43. The van der Waals surface area contributed by atoms with Crippen molar-refractivity contribution in [3.63, 3.8) is 0 Å². The van der Waals surface area contributed by atoms with Gasteiger partial charge in [-0.25, -0.2) is 0 Å². The van der Waals surface area contributed by atoms with Crippen LogP contribution in [0.4, 0.5) is 0 Å². The maximum atomic E-state index is 10.8. The lowest BCUT2D eigenvalue weighted by atomic mass is 9.91. The predicted octanol–water partition coefficient (Wildman–Crippen LogP) is 3.05. The van der Waals surface area contributed by atoms with E-state index < -0.39 is 0 Å². The van der Waals surface area contributed by atoms with Crippen LogP contribution in [-0.4, -0.2) is 5.24 Å². The highest BCUT2D eigenvalue weighted by molar-refractivity contribution is 6.64. The first-order valence-corrected chi connectivity index (χ1v) is 4.53. The predicted molar refractivity (Wildman–Crippen MR) is 51.1 cm³/mol. The number of carbonyl (C=O) groups is 1. The van der Waals surface area contributed by atoms with E-state index in [0.717, 1.165) is 12.8 Å². The summed E-state index contributed by atoms with van der Waals surface area (Å²) in [6.45, 7) is 4.17. The maximum Gasteiger partial charge on any atom is 0.228 e. The van der Waals surface area contributed by atoms with Gasteiger partial charge in [-0.05, 0) is 43.9 Å². The van der Waals surface area contributed by atoms with E-state index in [0.29, 0.717) is 0 Å². The number of hydrogen-bond acceptors (Lipinski definition) is 1. The standard InChI is InChI=1S/C10H13ClO/c1-7(2)8-3-5-9(6-4-8)10(11)12/h3,5,9H,4,6H2,1-2H3. The Labute approximate surface area is 78.1 Å². The van der Waals surface area contributed by atoms with Crippen molar-refractivity contribution < 1.29 is 4.79 Å². The summed E-state index contributed by atoms with van der Waals surface area (Å²) in [6, 6.07) is 0. The molecule has 0 aromatic carbocycles. The van der Waals surface area contributed by atoms with E-state index in [2.05, 4.69) is 13.8 Å². The van der Waals surface area contributed by atoms with E-state index in [4.69, 9.17) is 11.6 Å². The molecule has 0 N–H and O–H groups in total. The molecule has 0 aromatic rings. The van der Waals surface area contributed by atoms with E-state index in [1.165, 1.54) is 11.1 Å². The Morgan fingerprint density at radius 2 is 2.25 bits per heavy atom. The van der Waals surface area contributed by atoms with Gasteiger partial charge in [0.25, 0.3) is 0 Å². The van der Waals surface area contributed by atoms with E-state index in [1.54, 1.807) is 0 Å². The number of carbonyl (C=O) groups excluding carboxylic acids is 1. The fourth-order valence-electron chi connectivity index (χ4n) is 1.33. The van der Waals surface area contributed by atoms with Crippen molar-refractivity contribution in [3.05, 3.63) is 23.3 Å². The minimum absolute atomic E-state index is 0.0604. The lowest BCUT2D eigenvalue weighted by Gasteiger charge is -2.15. The van der Waals surface area contributed by atoms with Gasteiger partial charge in [-0.2, -0.15) is 0 Å². The van der Waals surface area contributed by atoms with Crippen molar-refractivity contribution in [2.24, 2.45) is 5.92 Å². The van der Waals surface area contributed by atoms with Gasteiger partial charge in [0, 0.05) is 0 Å². The van der Waals surface area contributed by atoms with Crippen LogP contribution in [-0.2, 0) is 4.79 Å². The van der Waals surface area contributed by atoms with Crippen LogP contribution in [0.5, 0.6) is 0 Å². The van der Waals surface area contributed by atoms with Gasteiger partial charge < -0.3 is 0 Å². The van der Waals surface area contributed by atoms with E-state index in [9.17, 15) is 4.79 Å². The molecule has 66 valence electrons. The normalized spacial score (nSPS) is 22.6. The monoisotopic (exact) mass is 184 g/mol. The fraction of sp³-hybridized carbons (Fsp3) is 0.500. The molecule has 1 unspecified atom stereocenters. The molecular weight excluding hydrogens is 172 g/mol. The van der Waals surface area contributed by atoms with Gasteiger partial charge >= 0.3 is 0 Å². The molecule has 0 aromatic heterocycles. The number of rotatable bonds is 1. The van der Waals surface area contributed by atoms with Crippen molar-refractivity contribution in [2.45, 2.75) is 26.7 Å². The van der Waals surface area contributed by atoms with Crippen LogP contribution >= 0.6 is 11.6 Å². The highest BCUT2D eigenvalue weighted by Crippen LogP contribution is 2.25. The SMILES string of the molecule is CC(C)=C1C=CC(C(=O)Cl)CC1. The Hall–Kier alpha value is -0.560. The summed E-state index contributed by atoms with van der Waals surface area (Å²) in [7, 11) is 0. The number of hydrogen-bond donors (Lipinski definition) is 0. The Morgan fingerprint density at radius 3 is 2.58 bits per heavy atom. The average molecular weight is 185 g/mol. The average Bonchev–Trinajstić information content (AvgIpc) is 2.04. The third-order valence-corrected chi connectivity index (χ3v) is 2.47. The Morgan fingerprint density at radius 1 is 1.58 bits per heavy atom. The maximum absolute atomic E-state index is 10.8. The molecule has 1 aliphatic carbocycles. The first-order chi connectivity index (χ1) is 5.61. The van der Waals surface area contributed by atoms with Gasteiger partial charge in [0.05, 0.1) is 5.92 Å². The molecule has 0 saturated heterocycles. The first kappa shape index (κ1) is 9.53. The van der Waals surface area contributed by atoms with Crippen LogP contribution in [0.2, 0.25) is 0 Å². The van der Waals surface area contributed by atoms with Crippen molar-refractivity contribution in [2.75, 3.05) is 0 Å². The summed E-state index contributed by atoms with van der Waals surface area (Å²) in [4.78, 5) is 10.8. The molecule has 1 nitrogen and oxygen atoms in total. The minimum atomic E-state index is -0.237. The molecule has 1 rings (SSSR count). The molecule has 0 heterocycles. The van der Waals surface area contributed by atoms with Crippen LogP contribution in [0.25, 0.3) is 0 Å². The van der Waals surface area contributed by atoms with E-state index in [-0.39, 0.29) is 11.2 Å². The second kappa shape index (κ2) is 3.90. The lowest BCUT2D eigenvalue weighted by molar-refractivity contribution is -0.114. The topological polar surface area (TPSA) is 17.1 Å². The molecule has 0 amide bonds. The highest BCUT2D eigenvalue weighted by atomic mass is 35.5. The molecule has 0 spiro atoms. The molecule has 0 saturated carbocycles. The van der Waals surface area contributed by atoms with Gasteiger partial charge in [0.2, 0.25) is 5.24 Å². The summed E-state index contributed by atoms with van der Waals surface area (Å²) in [5, 5.41) is -0.237. The molecule has 0 fully saturated rings. The van der Waals surface area contributed by atoms with Gasteiger partial charge in [-0.15, -0.1) is 0 Å². The molecule has 0 radical (unpaired) electrons. The Bertz CT molecular complexity index is 247.